The lowest BCUT2D eigenvalue weighted by Gasteiger charge is -2.56. The van der Waals surface area contributed by atoms with Crippen LogP contribution in [0, 0.1) is 17.8 Å². The second-order valence-corrected chi connectivity index (χ2v) is 6.91. The predicted molar refractivity (Wildman–Crippen MR) is 68.5 cm³/mol. The van der Waals surface area contributed by atoms with Gasteiger partial charge < -0.3 is 5.32 Å². The van der Waals surface area contributed by atoms with Crippen LogP contribution in [0.1, 0.15) is 52.4 Å². The number of hydrogen-bond donors (Lipinski definition) is 1. The molecule has 0 heterocycles. The van der Waals surface area contributed by atoms with Crippen molar-refractivity contribution in [3.63, 3.8) is 0 Å². The van der Waals surface area contributed by atoms with Crippen LogP contribution in [0.15, 0.2) is 11.6 Å². The van der Waals surface area contributed by atoms with Crippen LogP contribution >= 0.6 is 0 Å². The van der Waals surface area contributed by atoms with E-state index in [0.717, 1.165) is 23.3 Å². The van der Waals surface area contributed by atoms with Gasteiger partial charge in [-0.15, -0.1) is 0 Å². The quantitative estimate of drug-likeness (QED) is 0.730. The third-order valence-corrected chi connectivity index (χ3v) is 4.85. The molecule has 0 radical (unpaired) electrons. The van der Waals surface area contributed by atoms with Crippen LogP contribution in [-0.2, 0) is 4.79 Å². The Hall–Kier alpha value is -0.790. The van der Waals surface area contributed by atoms with E-state index in [4.69, 9.17) is 0 Å². The van der Waals surface area contributed by atoms with Crippen LogP contribution in [0.5, 0.6) is 0 Å². The lowest BCUT2D eigenvalue weighted by atomic mass is 9.53. The highest BCUT2D eigenvalue weighted by Crippen LogP contribution is 2.55. The largest absolute Gasteiger partial charge is 0.347 e. The van der Waals surface area contributed by atoms with Gasteiger partial charge in [0.25, 0.3) is 0 Å². The van der Waals surface area contributed by atoms with Gasteiger partial charge in [0.1, 0.15) is 0 Å². The summed E-state index contributed by atoms with van der Waals surface area (Å²) in [5.41, 5.74) is 1.25. The molecule has 1 amide bonds. The van der Waals surface area contributed by atoms with Gasteiger partial charge in [-0.25, -0.2) is 0 Å². The molecule has 17 heavy (non-hydrogen) atoms. The Morgan fingerprint density at radius 2 is 1.53 bits per heavy atom. The normalized spacial score (nSPS) is 42.4. The Bertz CT molecular complexity index is 330. The highest BCUT2D eigenvalue weighted by molar-refractivity contribution is 5.88. The standard InChI is InChI=1S/C15H23NO/c1-10(2)3-14(17)16-15-7-11-4-12(8-15)6-13(5-11)9-15/h3,11-13H,4-9H2,1-2H3,(H,16,17). The van der Waals surface area contributed by atoms with Gasteiger partial charge >= 0.3 is 0 Å². The lowest BCUT2D eigenvalue weighted by molar-refractivity contribution is -0.122. The molecule has 2 heteroatoms. The molecule has 4 aliphatic carbocycles. The molecule has 0 unspecified atom stereocenters. The summed E-state index contributed by atoms with van der Waals surface area (Å²) in [6.07, 6.45) is 9.75. The van der Waals surface area contributed by atoms with E-state index in [9.17, 15) is 4.79 Å². The minimum absolute atomic E-state index is 0.131. The van der Waals surface area contributed by atoms with Crippen LogP contribution in [0.25, 0.3) is 0 Å². The zero-order chi connectivity index (χ0) is 12.0. The minimum Gasteiger partial charge on any atom is -0.347 e. The first kappa shape index (κ1) is 11.3. The van der Waals surface area contributed by atoms with Gasteiger partial charge in [-0.3, -0.25) is 4.79 Å². The summed E-state index contributed by atoms with van der Waals surface area (Å²) in [5.74, 6) is 2.82. The summed E-state index contributed by atoms with van der Waals surface area (Å²) in [5, 5.41) is 3.34. The maximum absolute atomic E-state index is 12.0. The fourth-order valence-electron chi connectivity index (χ4n) is 4.82. The molecule has 4 fully saturated rings. The zero-order valence-electron chi connectivity index (χ0n) is 11.0. The number of amides is 1. The molecule has 0 aromatic rings. The Balaban J connectivity index is 1.74. The van der Waals surface area contributed by atoms with Crippen LogP contribution < -0.4 is 5.32 Å². The van der Waals surface area contributed by atoms with Crippen molar-refractivity contribution in [3.05, 3.63) is 11.6 Å². The van der Waals surface area contributed by atoms with Gasteiger partial charge in [-0.2, -0.15) is 0 Å². The molecule has 1 N–H and O–H groups in total. The summed E-state index contributed by atoms with van der Waals surface area (Å²) >= 11 is 0. The van der Waals surface area contributed by atoms with E-state index < -0.39 is 0 Å². The van der Waals surface area contributed by atoms with E-state index in [1.807, 2.05) is 13.8 Å². The van der Waals surface area contributed by atoms with Crippen molar-refractivity contribution in [3.8, 4) is 0 Å². The van der Waals surface area contributed by atoms with Crippen LogP contribution in [0.3, 0.4) is 0 Å². The first-order valence-corrected chi connectivity index (χ1v) is 7.02. The van der Waals surface area contributed by atoms with Crippen molar-refractivity contribution in [2.45, 2.75) is 57.9 Å². The first-order chi connectivity index (χ1) is 8.05. The van der Waals surface area contributed by atoms with Crippen molar-refractivity contribution >= 4 is 5.91 Å². The molecule has 0 aromatic heterocycles. The highest BCUT2D eigenvalue weighted by atomic mass is 16.1. The molecule has 0 atom stereocenters. The summed E-state index contributed by atoms with van der Waals surface area (Å²) in [6.45, 7) is 3.97. The Morgan fingerprint density at radius 1 is 1.06 bits per heavy atom. The van der Waals surface area contributed by atoms with Crippen molar-refractivity contribution < 1.29 is 4.79 Å². The van der Waals surface area contributed by atoms with Gasteiger partial charge in [0.15, 0.2) is 0 Å². The third kappa shape index (κ3) is 2.14. The fourth-order valence-corrected chi connectivity index (χ4v) is 4.82. The number of nitrogens with one attached hydrogen (secondary N) is 1. The maximum Gasteiger partial charge on any atom is 0.244 e. The van der Waals surface area contributed by atoms with E-state index >= 15 is 0 Å². The number of rotatable bonds is 2. The molecule has 0 saturated heterocycles. The third-order valence-electron chi connectivity index (χ3n) is 4.85. The Morgan fingerprint density at radius 3 is 1.94 bits per heavy atom. The van der Waals surface area contributed by atoms with Crippen LogP contribution in [-0.4, -0.2) is 11.4 Å². The smallest absolute Gasteiger partial charge is 0.244 e. The van der Waals surface area contributed by atoms with E-state index in [0.29, 0.717) is 0 Å². The SMILES string of the molecule is CC(C)=CC(=O)NC12CC3CC(CC(C3)C1)C2. The molecule has 0 aliphatic heterocycles. The number of carbonyl (C=O) groups is 1. The molecule has 2 nitrogen and oxygen atoms in total. The first-order valence-electron chi connectivity index (χ1n) is 7.02. The second-order valence-electron chi connectivity index (χ2n) is 6.91. The number of hydrogen-bond acceptors (Lipinski definition) is 1. The Labute approximate surface area is 104 Å². The van der Waals surface area contributed by atoms with Crippen LogP contribution in [0.4, 0.5) is 0 Å². The molecule has 4 bridgehead atoms. The van der Waals surface area contributed by atoms with E-state index in [-0.39, 0.29) is 11.4 Å². The molecule has 4 saturated carbocycles. The van der Waals surface area contributed by atoms with Gasteiger partial charge in [-0.1, -0.05) is 5.57 Å². The van der Waals surface area contributed by atoms with Gasteiger partial charge in [-0.05, 0) is 70.1 Å². The monoisotopic (exact) mass is 233 g/mol. The van der Waals surface area contributed by atoms with Crippen molar-refractivity contribution in [2.75, 3.05) is 0 Å². The highest BCUT2D eigenvalue weighted by Gasteiger charge is 2.51. The molecule has 0 spiro atoms. The summed E-state index contributed by atoms with van der Waals surface area (Å²) in [7, 11) is 0. The molecule has 4 aliphatic rings. The minimum atomic E-state index is 0.131. The number of carbonyl (C=O) groups excluding carboxylic acids is 1. The molecular formula is C15H23NO. The lowest BCUT2D eigenvalue weighted by Crippen LogP contribution is -2.59. The summed E-state index contributed by atoms with van der Waals surface area (Å²) in [4.78, 5) is 12.0. The Kier molecular flexibility index (Phi) is 2.57. The molecule has 4 rings (SSSR count). The van der Waals surface area contributed by atoms with Crippen LogP contribution in [0.2, 0.25) is 0 Å². The molecular weight excluding hydrogens is 210 g/mol. The fraction of sp³-hybridized carbons (Fsp3) is 0.800. The maximum atomic E-state index is 12.0. The molecule has 0 aromatic carbocycles. The average Bonchev–Trinajstić information content (AvgIpc) is 2.11. The summed E-state index contributed by atoms with van der Waals surface area (Å²) in [6, 6.07) is 0. The van der Waals surface area contributed by atoms with E-state index in [1.165, 1.54) is 38.5 Å². The van der Waals surface area contributed by atoms with Crippen molar-refractivity contribution in [2.24, 2.45) is 17.8 Å². The number of allylic oxidation sites excluding steroid dienone is 1. The van der Waals surface area contributed by atoms with Gasteiger partial charge in [0.05, 0.1) is 0 Å². The summed E-state index contributed by atoms with van der Waals surface area (Å²) < 4.78 is 0. The van der Waals surface area contributed by atoms with Gasteiger partial charge in [0, 0.05) is 11.6 Å². The predicted octanol–water partition coefficient (Wildman–Crippen LogP) is 3.04. The van der Waals surface area contributed by atoms with E-state index in [2.05, 4.69) is 5.32 Å². The topological polar surface area (TPSA) is 29.1 Å². The molecule has 94 valence electrons. The second kappa shape index (κ2) is 3.86. The van der Waals surface area contributed by atoms with Crippen molar-refractivity contribution in [1.29, 1.82) is 0 Å². The van der Waals surface area contributed by atoms with Crippen molar-refractivity contribution in [1.82, 2.24) is 5.32 Å². The zero-order valence-corrected chi connectivity index (χ0v) is 11.0. The van der Waals surface area contributed by atoms with E-state index in [1.54, 1.807) is 6.08 Å². The average molecular weight is 233 g/mol. The van der Waals surface area contributed by atoms with Gasteiger partial charge in [0.2, 0.25) is 5.91 Å².